The summed E-state index contributed by atoms with van der Waals surface area (Å²) in [6.45, 7) is 3.64. The van der Waals surface area contributed by atoms with Gasteiger partial charge in [-0.1, -0.05) is 24.3 Å². The number of hydrogen-bond donors (Lipinski definition) is 1. The molecule has 14 heavy (non-hydrogen) atoms. The van der Waals surface area contributed by atoms with E-state index in [0.29, 0.717) is 5.92 Å². The van der Waals surface area contributed by atoms with Gasteiger partial charge in [-0.15, -0.1) is 0 Å². The van der Waals surface area contributed by atoms with Crippen molar-refractivity contribution in [1.29, 1.82) is 0 Å². The lowest BCUT2D eigenvalue weighted by Crippen LogP contribution is -2.12. The summed E-state index contributed by atoms with van der Waals surface area (Å²) in [4.78, 5) is 0. The average molecular weight is 209 g/mol. The van der Waals surface area contributed by atoms with Gasteiger partial charge in [0.1, 0.15) is 7.14 Å². The Balaban J connectivity index is 2.45. The van der Waals surface area contributed by atoms with E-state index in [1.165, 1.54) is 5.56 Å². The predicted octanol–water partition coefficient (Wildman–Crippen LogP) is 1.75. The molecule has 0 aromatic heterocycles. The number of hydrogen-bond acceptors (Lipinski definition) is 2. The third-order valence-corrected chi connectivity index (χ3v) is 4.32. The zero-order chi connectivity index (χ0) is 10.3. The Morgan fingerprint density at radius 1 is 1.36 bits per heavy atom. The Kier molecular flexibility index (Phi) is 2.29. The van der Waals surface area contributed by atoms with E-state index in [-0.39, 0.29) is 6.04 Å². The minimum absolute atomic E-state index is 0.280. The summed E-state index contributed by atoms with van der Waals surface area (Å²) in [5.41, 5.74) is 7.02. The van der Waals surface area contributed by atoms with Crippen LogP contribution in [0.2, 0.25) is 0 Å². The molecular formula is C11H16NOP. The van der Waals surface area contributed by atoms with Gasteiger partial charge >= 0.3 is 0 Å². The highest BCUT2D eigenvalue weighted by Gasteiger charge is 2.37. The lowest BCUT2D eigenvalue weighted by Gasteiger charge is -2.12. The van der Waals surface area contributed by atoms with Gasteiger partial charge in [-0.2, -0.15) is 0 Å². The Morgan fingerprint density at radius 2 is 1.93 bits per heavy atom. The van der Waals surface area contributed by atoms with Gasteiger partial charge in [-0.25, -0.2) is 0 Å². The van der Waals surface area contributed by atoms with E-state index in [9.17, 15) is 4.57 Å². The van der Waals surface area contributed by atoms with Crippen molar-refractivity contribution in [2.75, 3.05) is 13.3 Å². The lowest BCUT2D eigenvalue weighted by molar-refractivity contribution is 0.588. The largest absolute Gasteiger partial charge is 0.327 e. The van der Waals surface area contributed by atoms with Crippen LogP contribution >= 0.6 is 7.14 Å². The van der Waals surface area contributed by atoms with Gasteiger partial charge in [0.25, 0.3) is 0 Å². The molecule has 1 aliphatic carbocycles. The fourth-order valence-corrected chi connectivity index (χ4v) is 3.17. The summed E-state index contributed by atoms with van der Waals surface area (Å²) < 4.78 is 12.0. The average Bonchev–Trinajstić information content (AvgIpc) is 2.81. The molecule has 0 bridgehead atoms. The molecule has 0 heterocycles. The van der Waals surface area contributed by atoms with E-state index >= 15 is 0 Å². The van der Waals surface area contributed by atoms with E-state index in [4.69, 9.17) is 5.73 Å². The van der Waals surface area contributed by atoms with Gasteiger partial charge in [0.2, 0.25) is 0 Å². The molecular weight excluding hydrogens is 193 g/mol. The van der Waals surface area contributed by atoms with Gasteiger partial charge in [0.05, 0.1) is 0 Å². The molecule has 2 rings (SSSR count). The molecule has 1 fully saturated rings. The molecule has 0 aliphatic heterocycles. The van der Waals surface area contributed by atoms with Crippen molar-refractivity contribution in [2.24, 2.45) is 5.73 Å². The lowest BCUT2D eigenvalue weighted by atomic mass is 10.1. The predicted molar refractivity (Wildman–Crippen MR) is 60.9 cm³/mol. The maximum atomic E-state index is 12.0. The SMILES string of the molecule is CP(C)(=O)c1ccccc1C1CC1N. The second-order valence-corrected chi connectivity index (χ2v) is 7.60. The minimum Gasteiger partial charge on any atom is -0.327 e. The summed E-state index contributed by atoms with van der Waals surface area (Å²) in [6, 6.07) is 8.27. The zero-order valence-electron chi connectivity index (χ0n) is 8.60. The highest BCUT2D eigenvalue weighted by Crippen LogP contribution is 2.44. The molecule has 1 aromatic carbocycles. The summed E-state index contributed by atoms with van der Waals surface area (Å²) in [7, 11) is -2.15. The van der Waals surface area contributed by atoms with Crippen molar-refractivity contribution in [3.63, 3.8) is 0 Å². The van der Waals surface area contributed by atoms with Crippen molar-refractivity contribution in [1.82, 2.24) is 0 Å². The fraction of sp³-hybridized carbons (Fsp3) is 0.455. The molecule has 1 saturated carbocycles. The summed E-state index contributed by atoms with van der Waals surface area (Å²) in [5, 5.41) is 1.01. The second-order valence-electron chi connectivity index (χ2n) is 4.42. The number of nitrogens with two attached hydrogens (primary N) is 1. The summed E-state index contributed by atoms with van der Waals surface area (Å²) in [6.07, 6.45) is 1.04. The van der Waals surface area contributed by atoms with Crippen LogP contribution in [-0.4, -0.2) is 19.4 Å². The molecule has 2 atom stereocenters. The number of benzene rings is 1. The van der Waals surface area contributed by atoms with Crippen molar-refractivity contribution in [3.05, 3.63) is 29.8 Å². The molecule has 0 spiro atoms. The maximum absolute atomic E-state index is 12.0. The van der Waals surface area contributed by atoms with Gasteiger partial charge in [0.15, 0.2) is 0 Å². The van der Waals surface area contributed by atoms with Gasteiger partial charge in [-0.05, 0) is 25.3 Å². The van der Waals surface area contributed by atoms with Crippen molar-refractivity contribution < 1.29 is 4.57 Å². The highest BCUT2D eigenvalue weighted by atomic mass is 31.2. The van der Waals surface area contributed by atoms with E-state index in [1.807, 2.05) is 31.5 Å². The molecule has 1 aromatic rings. The topological polar surface area (TPSA) is 43.1 Å². The Labute approximate surface area is 84.9 Å². The molecule has 2 N–H and O–H groups in total. The zero-order valence-corrected chi connectivity index (χ0v) is 9.50. The second kappa shape index (κ2) is 3.22. The highest BCUT2D eigenvalue weighted by molar-refractivity contribution is 7.70. The van der Waals surface area contributed by atoms with Gasteiger partial charge in [0, 0.05) is 17.3 Å². The Hall–Kier alpha value is -0.590. The van der Waals surface area contributed by atoms with Crippen LogP contribution in [0.25, 0.3) is 0 Å². The van der Waals surface area contributed by atoms with Gasteiger partial charge in [-0.3, -0.25) is 0 Å². The molecule has 3 heteroatoms. The van der Waals surface area contributed by atoms with E-state index in [1.54, 1.807) is 0 Å². The maximum Gasteiger partial charge on any atom is 0.110 e. The van der Waals surface area contributed by atoms with Crippen LogP contribution in [0.4, 0.5) is 0 Å². The normalized spacial score (nSPS) is 26.2. The summed E-state index contributed by atoms with van der Waals surface area (Å²) in [5.74, 6) is 0.444. The van der Waals surface area contributed by atoms with Crippen LogP contribution in [-0.2, 0) is 4.57 Å². The first-order chi connectivity index (χ1) is 6.50. The van der Waals surface area contributed by atoms with Crippen LogP contribution < -0.4 is 11.0 Å². The van der Waals surface area contributed by atoms with Crippen molar-refractivity contribution in [2.45, 2.75) is 18.4 Å². The molecule has 0 amide bonds. The minimum atomic E-state index is -2.15. The van der Waals surface area contributed by atoms with Crippen molar-refractivity contribution >= 4 is 12.4 Å². The van der Waals surface area contributed by atoms with Crippen LogP contribution in [0.3, 0.4) is 0 Å². The van der Waals surface area contributed by atoms with E-state index in [2.05, 4.69) is 6.07 Å². The van der Waals surface area contributed by atoms with Crippen LogP contribution in [0, 0.1) is 0 Å². The fourth-order valence-electron chi connectivity index (χ4n) is 1.86. The molecule has 2 nitrogen and oxygen atoms in total. The first-order valence-electron chi connectivity index (χ1n) is 4.90. The molecule has 0 saturated heterocycles. The van der Waals surface area contributed by atoms with Crippen molar-refractivity contribution in [3.8, 4) is 0 Å². The molecule has 0 radical (unpaired) electrons. The Morgan fingerprint density at radius 3 is 2.43 bits per heavy atom. The van der Waals surface area contributed by atoms with E-state index < -0.39 is 7.14 Å². The van der Waals surface area contributed by atoms with E-state index in [0.717, 1.165) is 11.7 Å². The van der Waals surface area contributed by atoms with Gasteiger partial charge < -0.3 is 10.3 Å². The molecule has 76 valence electrons. The quantitative estimate of drug-likeness (QED) is 0.754. The molecule has 1 aliphatic rings. The monoisotopic (exact) mass is 209 g/mol. The smallest absolute Gasteiger partial charge is 0.110 e. The first kappa shape index (κ1) is 9.95. The number of rotatable bonds is 2. The third-order valence-electron chi connectivity index (χ3n) is 2.76. The third kappa shape index (κ3) is 1.77. The summed E-state index contributed by atoms with van der Waals surface area (Å²) >= 11 is 0. The molecule has 2 unspecified atom stereocenters. The van der Waals surface area contributed by atoms with Crippen LogP contribution in [0.5, 0.6) is 0 Å². The Bertz CT molecular complexity index is 396. The van der Waals surface area contributed by atoms with Crippen LogP contribution in [0.15, 0.2) is 24.3 Å². The standard InChI is InChI=1S/C11H16NOP/c1-14(2,13)11-6-4-3-5-8(11)9-7-10(9)12/h3-6,9-10H,7,12H2,1-2H3. The van der Waals surface area contributed by atoms with Crippen LogP contribution in [0.1, 0.15) is 17.9 Å². The first-order valence-corrected chi connectivity index (χ1v) is 7.50.